The summed E-state index contributed by atoms with van der Waals surface area (Å²) < 4.78 is 26.4. The first kappa shape index (κ1) is 20.8. The Morgan fingerprint density at radius 2 is 1.41 bits per heavy atom. The number of Topliss-reactive ketones (excluding diaryl/α,β-unsaturated/α-hetero) is 1. The molecule has 0 bridgehead atoms. The van der Waals surface area contributed by atoms with E-state index in [9.17, 15) is 18.0 Å². The standard InChI is InChI=1S/C22H18ClNO4S/c1-15-7-9-17(10-8-15)21(26)24-22(20(25)16-5-3-2-4-6-16)29(27,28)19-13-11-18(23)12-14-19/h2-14,22H,1H3,(H,24,26)/t22-/m0/s1. The first-order valence-corrected chi connectivity index (χ1v) is 10.7. The highest BCUT2D eigenvalue weighted by Gasteiger charge is 2.36. The van der Waals surface area contributed by atoms with Gasteiger partial charge in [-0.1, -0.05) is 59.6 Å². The van der Waals surface area contributed by atoms with Crippen LogP contribution in [0.3, 0.4) is 0 Å². The van der Waals surface area contributed by atoms with Crippen LogP contribution in [0.4, 0.5) is 0 Å². The monoisotopic (exact) mass is 427 g/mol. The number of sulfone groups is 1. The van der Waals surface area contributed by atoms with Gasteiger partial charge in [-0.2, -0.15) is 0 Å². The molecule has 0 fully saturated rings. The fraction of sp³-hybridized carbons (Fsp3) is 0.0909. The Morgan fingerprint density at radius 3 is 2.00 bits per heavy atom. The largest absolute Gasteiger partial charge is 0.329 e. The summed E-state index contributed by atoms with van der Waals surface area (Å²) in [4.78, 5) is 25.6. The van der Waals surface area contributed by atoms with E-state index in [0.717, 1.165) is 5.56 Å². The molecule has 29 heavy (non-hydrogen) atoms. The zero-order chi connectivity index (χ0) is 21.0. The highest BCUT2D eigenvalue weighted by atomic mass is 35.5. The second-order valence-corrected chi connectivity index (χ2v) is 8.92. The van der Waals surface area contributed by atoms with E-state index < -0.39 is 26.9 Å². The number of amides is 1. The molecule has 1 atom stereocenters. The molecule has 3 rings (SSSR count). The van der Waals surface area contributed by atoms with Gasteiger partial charge in [0, 0.05) is 16.1 Å². The Hall–Kier alpha value is -2.96. The van der Waals surface area contributed by atoms with Crippen molar-refractivity contribution < 1.29 is 18.0 Å². The molecule has 0 saturated carbocycles. The fourth-order valence-electron chi connectivity index (χ4n) is 2.71. The first-order valence-electron chi connectivity index (χ1n) is 8.75. The van der Waals surface area contributed by atoms with E-state index in [0.29, 0.717) is 5.02 Å². The minimum atomic E-state index is -4.22. The summed E-state index contributed by atoms with van der Waals surface area (Å²) in [7, 11) is -4.22. The van der Waals surface area contributed by atoms with Crippen LogP contribution in [0, 0.1) is 6.92 Å². The van der Waals surface area contributed by atoms with Gasteiger partial charge in [0.1, 0.15) is 0 Å². The molecule has 0 unspecified atom stereocenters. The van der Waals surface area contributed by atoms with Gasteiger partial charge in [-0.3, -0.25) is 9.59 Å². The third-order valence-electron chi connectivity index (χ3n) is 4.32. The van der Waals surface area contributed by atoms with Crippen LogP contribution < -0.4 is 5.32 Å². The van der Waals surface area contributed by atoms with E-state index >= 15 is 0 Å². The summed E-state index contributed by atoms with van der Waals surface area (Å²) in [6.45, 7) is 1.87. The Balaban J connectivity index is 2.01. The molecule has 0 aromatic heterocycles. The number of carbonyl (C=O) groups excluding carboxylic acids is 2. The molecule has 1 N–H and O–H groups in total. The van der Waals surface area contributed by atoms with Crippen LogP contribution >= 0.6 is 11.6 Å². The summed E-state index contributed by atoms with van der Waals surface area (Å²) in [5.74, 6) is -1.38. The van der Waals surface area contributed by atoms with Crippen molar-refractivity contribution in [2.24, 2.45) is 0 Å². The van der Waals surface area contributed by atoms with Crippen molar-refractivity contribution in [3.63, 3.8) is 0 Å². The van der Waals surface area contributed by atoms with Crippen LogP contribution in [0.2, 0.25) is 5.02 Å². The SMILES string of the molecule is Cc1ccc(C(=O)N[C@H](C(=O)c2ccccc2)S(=O)(=O)c2ccc(Cl)cc2)cc1. The van der Waals surface area contributed by atoms with Gasteiger partial charge in [0.15, 0.2) is 5.37 Å². The molecule has 0 heterocycles. The summed E-state index contributed by atoms with van der Waals surface area (Å²) in [6.07, 6.45) is 0. The topological polar surface area (TPSA) is 80.3 Å². The highest BCUT2D eigenvalue weighted by molar-refractivity contribution is 7.92. The average Bonchev–Trinajstić information content (AvgIpc) is 2.72. The molecule has 0 radical (unpaired) electrons. The zero-order valence-electron chi connectivity index (χ0n) is 15.5. The van der Waals surface area contributed by atoms with Crippen molar-refractivity contribution in [1.29, 1.82) is 0 Å². The number of halogens is 1. The van der Waals surface area contributed by atoms with E-state index in [1.54, 1.807) is 42.5 Å². The van der Waals surface area contributed by atoms with Crippen molar-refractivity contribution in [3.05, 3.63) is 101 Å². The number of benzene rings is 3. The first-order chi connectivity index (χ1) is 13.8. The van der Waals surface area contributed by atoms with Crippen molar-refractivity contribution in [2.45, 2.75) is 17.2 Å². The van der Waals surface area contributed by atoms with Crippen LogP contribution in [0.5, 0.6) is 0 Å². The van der Waals surface area contributed by atoms with Gasteiger partial charge in [0.25, 0.3) is 5.91 Å². The molecule has 0 aliphatic heterocycles. The summed E-state index contributed by atoms with van der Waals surface area (Å²) >= 11 is 5.85. The third kappa shape index (κ3) is 4.72. The third-order valence-corrected chi connectivity index (χ3v) is 6.46. The number of aryl methyl sites for hydroxylation is 1. The quantitative estimate of drug-likeness (QED) is 0.601. The Kier molecular flexibility index (Phi) is 6.15. The molecule has 7 heteroatoms. The predicted molar refractivity (Wildman–Crippen MR) is 112 cm³/mol. The van der Waals surface area contributed by atoms with Gasteiger partial charge in [0.2, 0.25) is 15.6 Å². The smallest absolute Gasteiger partial charge is 0.252 e. The molecule has 0 saturated heterocycles. The van der Waals surface area contributed by atoms with Crippen LogP contribution in [0.1, 0.15) is 26.3 Å². The fourth-order valence-corrected chi connectivity index (χ4v) is 4.30. The maximum atomic E-state index is 13.2. The minimum Gasteiger partial charge on any atom is -0.329 e. The Bertz CT molecular complexity index is 1130. The summed E-state index contributed by atoms with van der Waals surface area (Å²) in [5, 5.41) is 0.977. The summed E-state index contributed by atoms with van der Waals surface area (Å²) in [6, 6.07) is 20.0. The van der Waals surface area contributed by atoms with Crippen LogP contribution in [0.25, 0.3) is 0 Å². The maximum absolute atomic E-state index is 13.2. The molecule has 0 aliphatic rings. The lowest BCUT2D eigenvalue weighted by molar-refractivity contribution is 0.0888. The van der Waals surface area contributed by atoms with Gasteiger partial charge in [-0.05, 0) is 43.3 Å². The molecule has 5 nitrogen and oxygen atoms in total. The number of hydrogen-bond acceptors (Lipinski definition) is 4. The van der Waals surface area contributed by atoms with E-state index in [1.165, 1.54) is 36.4 Å². The Labute approximate surface area is 174 Å². The Morgan fingerprint density at radius 1 is 0.828 bits per heavy atom. The molecular weight excluding hydrogens is 410 g/mol. The normalized spacial score (nSPS) is 12.2. The van der Waals surface area contributed by atoms with Crippen molar-refractivity contribution >= 4 is 33.1 Å². The highest BCUT2D eigenvalue weighted by Crippen LogP contribution is 2.21. The number of rotatable bonds is 6. The molecule has 3 aromatic rings. The number of hydrogen-bond donors (Lipinski definition) is 1. The maximum Gasteiger partial charge on any atom is 0.252 e. The van der Waals surface area contributed by atoms with E-state index in [-0.39, 0.29) is 16.0 Å². The van der Waals surface area contributed by atoms with Gasteiger partial charge in [0.05, 0.1) is 4.90 Å². The molecular formula is C22H18ClNO4S. The lowest BCUT2D eigenvalue weighted by atomic mass is 10.1. The number of nitrogens with one attached hydrogen (secondary N) is 1. The second kappa shape index (κ2) is 8.59. The van der Waals surface area contributed by atoms with Gasteiger partial charge >= 0.3 is 0 Å². The zero-order valence-corrected chi connectivity index (χ0v) is 17.1. The van der Waals surface area contributed by atoms with Gasteiger partial charge < -0.3 is 5.32 Å². The lowest BCUT2D eigenvalue weighted by Gasteiger charge is -2.19. The number of ketones is 1. The average molecular weight is 428 g/mol. The van der Waals surface area contributed by atoms with E-state index in [2.05, 4.69) is 5.32 Å². The van der Waals surface area contributed by atoms with Gasteiger partial charge in [-0.25, -0.2) is 8.42 Å². The van der Waals surface area contributed by atoms with Crippen LogP contribution in [-0.4, -0.2) is 25.5 Å². The molecule has 3 aromatic carbocycles. The van der Waals surface area contributed by atoms with E-state index in [1.807, 2.05) is 6.92 Å². The minimum absolute atomic E-state index is 0.111. The van der Waals surface area contributed by atoms with Crippen LogP contribution in [-0.2, 0) is 9.84 Å². The predicted octanol–water partition coefficient (Wildman–Crippen LogP) is 4.06. The van der Waals surface area contributed by atoms with E-state index in [4.69, 9.17) is 11.6 Å². The molecule has 0 spiro atoms. The van der Waals surface area contributed by atoms with Gasteiger partial charge in [-0.15, -0.1) is 0 Å². The molecule has 0 aliphatic carbocycles. The molecule has 148 valence electrons. The molecule has 1 amide bonds. The van der Waals surface area contributed by atoms with Crippen molar-refractivity contribution in [1.82, 2.24) is 5.32 Å². The second-order valence-electron chi connectivity index (χ2n) is 6.45. The van der Waals surface area contributed by atoms with Crippen LogP contribution in [0.15, 0.2) is 83.8 Å². The lowest BCUT2D eigenvalue weighted by Crippen LogP contribution is -2.46. The van der Waals surface area contributed by atoms with Crippen molar-refractivity contribution in [2.75, 3.05) is 0 Å². The van der Waals surface area contributed by atoms with Crippen molar-refractivity contribution in [3.8, 4) is 0 Å². The number of carbonyl (C=O) groups is 2. The summed E-state index contributed by atoms with van der Waals surface area (Å²) in [5.41, 5.74) is 1.39.